The van der Waals surface area contributed by atoms with Crippen molar-refractivity contribution in [2.75, 3.05) is 20.8 Å². The van der Waals surface area contributed by atoms with Crippen molar-refractivity contribution in [2.45, 2.75) is 37.8 Å². The molecule has 3 rings (SSSR count). The molecule has 0 aliphatic rings. The number of carbonyl (C=O) groups excluding carboxylic acids is 2. The summed E-state index contributed by atoms with van der Waals surface area (Å²) in [5.41, 5.74) is -0.983. The SMILES string of the molecule is COC(=O)CN(Cc1cc2c([N+](=O)[O-])cccc2n1C(=O)OC(C)(C)C)S(=O)(=O)c1ccc(OC)cc1. The van der Waals surface area contributed by atoms with Crippen LogP contribution in [0.4, 0.5) is 10.5 Å². The lowest BCUT2D eigenvalue weighted by molar-refractivity contribution is -0.383. The first-order valence-corrected chi connectivity index (χ1v) is 12.4. The molecule has 0 saturated carbocycles. The molecule has 198 valence electrons. The quantitative estimate of drug-likeness (QED) is 0.240. The summed E-state index contributed by atoms with van der Waals surface area (Å²) in [6.07, 6.45) is -0.863. The highest BCUT2D eigenvalue weighted by Gasteiger charge is 2.31. The molecule has 1 aromatic heterocycles. The molecule has 0 amide bonds. The van der Waals surface area contributed by atoms with Crippen LogP contribution in [0.1, 0.15) is 26.5 Å². The van der Waals surface area contributed by atoms with Gasteiger partial charge in [0.2, 0.25) is 10.0 Å². The van der Waals surface area contributed by atoms with Crippen molar-refractivity contribution in [2.24, 2.45) is 0 Å². The Morgan fingerprint density at radius 3 is 2.27 bits per heavy atom. The van der Waals surface area contributed by atoms with E-state index in [1.54, 1.807) is 20.8 Å². The minimum absolute atomic E-state index is 0.0551. The van der Waals surface area contributed by atoms with Crippen LogP contribution in [-0.4, -0.2) is 60.6 Å². The van der Waals surface area contributed by atoms with Gasteiger partial charge in [-0.05, 0) is 57.2 Å². The number of benzene rings is 2. The van der Waals surface area contributed by atoms with Gasteiger partial charge in [0.05, 0.1) is 41.5 Å². The van der Waals surface area contributed by atoms with Crippen LogP contribution in [0.25, 0.3) is 10.9 Å². The van der Waals surface area contributed by atoms with Crippen LogP contribution >= 0.6 is 0 Å². The first-order chi connectivity index (χ1) is 17.3. The summed E-state index contributed by atoms with van der Waals surface area (Å²) in [6.45, 7) is 3.78. The second kappa shape index (κ2) is 10.6. The monoisotopic (exact) mass is 533 g/mol. The Balaban J connectivity index is 2.19. The topological polar surface area (TPSA) is 147 Å². The number of methoxy groups -OCH3 is 2. The number of esters is 1. The van der Waals surface area contributed by atoms with E-state index < -0.39 is 45.7 Å². The zero-order chi connectivity index (χ0) is 27.5. The summed E-state index contributed by atoms with van der Waals surface area (Å²) < 4.78 is 44.2. The predicted octanol–water partition coefficient (Wildman–Crippen LogP) is 3.71. The fourth-order valence-electron chi connectivity index (χ4n) is 3.58. The van der Waals surface area contributed by atoms with E-state index in [0.717, 1.165) is 16.0 Å². The third-order valence-electron chi connectivity index (χ3n) is 5.24. The molecule has 13 heteroatoms. The van der Waals surface area contributed by atoms with Crippen LogP contribution in [0.3, 0.4) is 0 Å². The van der Waals surface area contributed by atoms with Gasteiger partial charge in [0, 0.05) is 11.8 Å². The van der Waals surface area contributed by atoms with Gasteiger partial charge in [-0.2, -0.15) is 4.31 Å². The van der Waals surface area contributed by atoms with Gasteiger partial charge >= 0.3 is 12.1 Å². The van der Waals surface area contributed by atoms with Crippen LogP contribution < -0.4 is 4.74 Å². The highest BCUT2D eigenvalue weighted by atomic mass is 32.2. The average molecular weight is 534 g/mol. The molecule has 0 saturated heterocycles. The van der Waals surface area contributed by atoms with Crippen LogP contribution in [0.15, 0.2) is 53.4 Å². The highest BCUT2D eigenvalue weighted by Crippen LogP contribution is 2.31. The number of non-ortho nitro benzene ring substituents is 1. The smallest absolute Gasteiger partial charge is 0.419 e. The Labute approximate surface area is 213 Å². The molecule has 3 aromatic rings. The van der Waals surface area contributed by atoms with Crippen molar-refractivity contribution >= 4 is 38.7 Å². The zero-order valence-corrected chi connectivity index (χ0v) is 21.8. The first kappa shape index (κ1) is 27.6. The molecule has 0 unspecified atom stereocenters. The first-order valence-electron chi connectivity index (χ1n) is 11.0. The molecular formula is C24H27N3O9S. The minimum atomic E-state index is -4.29. The molecule has 12 nitrogen and oxygen atoms in total. The third-order valence-corrected chi connectivity index (χ3v) is 7.05. The molecule has 0 atom stereocenters. The molecule has 0 radical (unpaired) electrons. The number of aromatic nitrogens is 1. The second-order valence-corrected chi connectivity index (χ2v) is 10.9. The number of nitro groups is 1. The largest absolute Gasteiger partial charge is 0.497 e. The maximum Gasteiger partial charge on any atom is 0.419 e. The summed E-state index contributed by atoms with van der Waals surface area (Å²) in [6, 6.07) is 11.0. The van der Waals surface area contributed by atoms with Gasteiger partial charge in [0.25, 0.3) is 5.69 Å². The Hall–Kier alpha value is -3.97. The maximum atomic E-state index is 13.5. The normalized spacial score (nSPS) is 11.9. The van der Waals surface area contributed by atoms with E-state index in [1.807, 2.05) is 0 Å². The lowest BCUT2D eigenvalue weighted by atomic mass is 10.2. The van der Waals surface area contributed by atoms with E-state index in [0.29, 0.717) is 5.75 Å². The van der Waals surface area contributed by atoms with E-state index in [-0.39, 0.29) is 27.2 Å². The molecule has 0 spiro atoms. The average Bonchev–Trinajstić information content (AvgIpc) is 3.20. The Morgan fingerprint density at radius 1 is 1.08 bits per heavy atom. The number of sulfonamides is 1. The number of nitrogens with zero attached hydrogens (tertiary/aromatic N) is 3. The van der Waals surface area contributed by atoms with Gasteiger partial charge in [0.15, 0.2) is 0 Å². The van der Waals surface area contributed by atoms with E-state index in [2.05, 4.69) is 4.74 Å². The number of hydrogen-bond acceptors (Lipinski definition) is 9. The van der Waals surface area contributed by atoms with E-state index in [9.17, 15) is 28.1 Å². The van der Waals surface area contributed by atoms with Crippen molar-refractivity contribution in [1.82, 2.24) is 8.87 Å². The van der Waals surface area contributed by atoms with Crippen LogP contribution in [0.5, 0.6) is 5.75 Å². The fraction of sp³-hybridized carbons (Fsp3) is 0.333. The molecule has 0 aliphatic heterocycles. The number of rotatable bonds is 8. The molecule has 0 N–H and O–H groups in total. The number of hydrogen-bond donors (Lipinski definition) is 0. The molecule has 1 heterocycles. The number of nitro benzene ring substituents is 1. The summed E-state index contributed by atoms with van der Waals surface area (Å²) in [5.74, 6) is -0.418. The van der Waals surface area contributed by atoms with Gasteiger partial charge in [-0.25, -0.2) is 17.8 Å². The summed E-state index contributed by atoms with van der Waals surface area (Å²) >= 11 is 0. The minimum Gasteiger partial charge on any atom is -0.497 e. The number of carbonyl (C=O) groups is 2. The van der Waals surface area contributed by atoms with Crippen molar-refractivity contribution in [3.05, 3.63) is 64.3 Å². The predicted molar refractivity (Wildman–Crippen MR) is 133 cm³/mol. The van der Waals surface area contributed by atoms with Crippen LogP contribution in [0, 0.1) is 10.1 Å². The number of fused-ring (bicyclic) bond motifs is 1. The molecule has 2 aromatic carbocycles. The van der Waals surface area contributed by atoms with Crippen molar-refractivity contribution in [3.63, 3.8) is 0 Å². The summed E-state index contributed by atoms with van der Waals surface area (Å²) in [4.78, 5) is 36.3. The zero-order valence-electron chi connectivity index (χ0n) is 21.0. The summed E-state index contributed by atoms with van der Waals surface area (Å²) in [7, 11) is -1.75. The lowest BCUT2D eigenvalue weighted by Crippen LogP contribution is -2.37. The number of ether oxygens (including phenoxy) is 3. The van der Waals surface area contributed by atoms with Crippen molar-refractivity contribution in [1.29, 1.82) is 0 Å². The third kappa shape index (κ3) is 6.06. The molecule has 0 aliphatic carbocycles. The lowest BCUT2D eigenvalue weighted by Gasteiger charge is -2.24. The van der Waals surface area contributed by atoms with Crippen LogP contribution in [0.2, 0.25) is 0 Å². The van der Waals surface area contributed by atoms with Crippen LogP contribution in [-0.2, 0) is 30.8 Å². The highest BCUT2D eigenvalue weighted by molar-refractivity contribution is 7.89. The van der Waals surface area contributed by atoms with Gasteiger partial charge in [-0.15, -0.1) is 0 Å². The van der Waals surface area contributed by atoms with E-state index in [4.69, 9.17) is 9.47 Å². The molecule has 0 fully saturated rings. The van der Waals surface area contributed by atoms with Gasteiger partial charge in [-0.3, -0.25) is 14.9 Å². The summed E-state index contributed by atoms with van der Waals surface area (Å²) in [5, 5.41) is 11.7. The Kier molecular flexibility index (Phi) is 7.88. The standard InChI is InChI=1S/C24H27N3O9S/c1-24(2,3)36-23(29)26-16(13-19-20(26)7-6-8-21(19)27(30)31)14-25(15-22(28)35-5)37(32,33)18-11-9-17(34-4)10-12-18/h6-13H,14-15H2,1-5H3. The maximum absolute atomic E-state index is 13.5. The molecular weight excluding hydrogens is 506 g/mol. The van der Waals surface area contributed by atoms with Gasteiger partial charge in [0.1, 0.15) is 17.9 Å². The van der Waals surface area contributed by atoms with E-state index >= 15 is 0 Å². The fourth-order valence-corrected chi connectivity index (χ4v) is 4.94. The Bertz CT molecular complexity index is 1440. The van der Waals surface area contributed by atoms with Crippen molar-refractivity contribution in [3.8, 4) is 5.75 Å². The molecule has 0 bridgehead atoms. The van der Waals surface area contributed by atoms with Gasteiger partial charge < -0.3 is 14.2 Å². The molecule has 37 heavy (non-hydrogen) atoms. The van der Waals surface area contributed by atoms with Crippen molar-refractivity contribution < 1.29 is 37.1 Å². The second-order valence-electron chi connectivity index (χ2n) is 8.94. The van der Waals surface area contributed by atoms with Gasteiger partial charge in [-0.1, -0.05) is 6.07 Å². The van der Waals surface area contributed by atoms with E-state index in [1.165, 1.54) is 55.6 Å². The Morgan fingerprint density at radius 2 is 1.73 bits per heavy atom.